The number of nitrogens with zero attached hydrogens (tertiary/aromatic N) is 2. The number of aromatic nitrogens is 1. The zero-order valence-corrected chi connectivity index (χ0v) is 17.6. The van der Waals surface area contributed by atoms with Gasteiger partial charge >= 0.3 is 0 Å². The summed E-state index contributed by atoms with van der Waals surface area (Å²) < 4.78 is 1.88. The van der Waals surface area contributed by atoms with E-state index in [0.29, 0.717) is 16.8 Å². The van der Waals surface area contributed by atoms with Crippen molar-refractivity contribution in [1.82, 2.24) is 14.8 Å². The maximum absolute atomic E-state index is 12.8. The first-order chi connectivity index (χ1) is 14.2. The topological polar surface area (TPSA) is 94.5 Å². The molecule has 0 saturated carbocycles. The molecule has 154 valence electrons. The molecule has 0 aliphatic carbocycles. The van der Waals surface area contributed by atoms with Crippen LogP contribution < -0.4 is 10.4 Å². The second-order valence-corrected chi connectivity index (χ2v) is 7.31. The predicted molar refractivity (Wildman–Crippen MR) is 115 cm³/mol. The molecule has 0 radical (unpaired) electrons. The highest BCUT2D eigenvalue weighted by molar-refractivity contribution is 7.80. The highest BCUT2D eigenvalue weighted by atomic mass is 32.1. The zero-order valence-electron chi connectivity index (χ0n) is 16.8. The Balaban J connectivity index is 2.11. The number of aryl methyl sites for hydroxylation is 1. The molecule has 3 rings (SSSR count). The molecule has 1 aliphatic heterocycles. The number of rotatable bonds is 5. The van der Waals surface area contributed by atoms with Crippen LogP contribution in [0.15, 0.2) is 42.5 Å². The third kappa shape index (κ3) is 3.57. The number of hydrogen-bond acceptors (Lipinski definition) is 5. The van der Waals surface area contributed by atoms with Crippen LogP contribution in [0.4, 0.5) is 0 Å². The molecule has 1 aromatic heterocycles. The van der Waals surface area contributed by atoms with Crippen molar-refractivity contribution in [3.8, 4) is 5.69 Å². The Morgan fingerprint density at radius 2 is 1.97 bits per heavy atom. The minimum absolute atomic E-state index is 0.0362. The lowest BCUT2D eigenvalue weighted by Gasteiger charge is -2.27. The number of carbonyl (C=O) groups is 3. The van der Waals surface area contributed by atoms with Crippen LogP contribution in [0, 0.1) is 20.8 Å². The molecular formula is C22H20N3O4S-. The van der Waals surface area contributed by atoms with Crippen molar-refractivity contribution in [3.63, 3.8) is 0 Å². The third-order valence-electron chi connectivity index (χ3n) is 5.03. The number of carboxylic acids is 1. The van der Waals surface area contributed by atoms with Gasteiger partial charge in [0.25, 0.3) is 11.8 Å². The molecule has 2 aromatic rings. The number of aromatic carboxylic acids is 1. The molecule has 1 fully saturated rings. The van der Waals surface area contributed by atoms with Gasteiger partial charge in [0.15, 0.2) is 5.11 Å². The Kier molecular flexibility index (Phi) is 5.71. The first-order valence-corrected chi connectivity index (χ1v) is 9.58. The molecular weight excluding hydrogens is 402 g/mol. The summed E-state index contributed by atoms with van der Waals surface area (Å²) in [6.07, 6.45) is 3.05. The summed E-state index contributed by atoms with van der Waals surface area (Å²) in [6.45, 7) is 9.20. The molecule has 30 heavy (non-hydrogen) atoms. The zero-order chi connectivity index (χ0) is 22.2. The van der Waals surface area contributed by atoms with Gasteiger partial charge < -0.3 is 14.5 Å². The van der Waals surface area contributed by atoms with Gasteiger partial charge in [-0.05, 0) is 62.3 Å². The van der Waals surface area contributed by atoms with E-state index in [1.807, 2.05) is 24.5 Å². The lowest BCUT2D eigenvalue weighted by atomic mass is 10.1. The molecule has 7 nitrogen and oxygen atoms in total. The molecule has 1 N–H and O–H groups in total. The van der Waals surface area contributed by atoms with Crippen molar-refractivity contribution in [3.05, 3.63) is 70.6 Å². The van der Waals surface area contributed by atoms with Crippen molar-refractivity contribution >= 4 is 41.2 Å². The van der Waals surface area contributed by atoms with E-state index in [4.69, 9.17) is 12.2 Å². The van der Waals surface area contributed by atoms with Crippen LogP contribution in [-0.4, -0.2) is 38.9 Å². The monoisotopic (exact) mass is 422 g/mol. The van der Waals surface area contributed by atoms with Crippen molar-refractivity contribution < 1.29 is 19.5 Å². The van der Waals surface area contributed by atoms with E-state index in [9.17, 15) is 19.5 Å². The molecule has 1 saturated heterocycles. The fraction of sp³-hybridized carbons (Fsp3) is 0.182. The summed E-state index contributed by atoms with van der Waals surface area (Å²) in [4.78, 5) is 37.8. The van der Waals surface area contributed by atoms with Crippen molar-refractivity contribution in [2.45, 2.75) is 20.8 Å². The van der Waals surface area contributed by atoms with Crippen LogP contribution in [0.2, 0.25) is 0 Å². The van der Waals surface area contributed by atoms with Gasteiger partial charge in [-0.25, -0.2) is 0 Å². The van der Waals surface area contributed by atoms with Gasteiger partial charge in [0, 0.05) is 29.2 Å². The Bertz CT molecular complexity index is 1140. The predicted octanol–water partition coefficient (Wildman–Crippen LogP) is 1.58. The first-order valence-electron chi connectivity index (χ1n) is 9.17. The fourth-order valence-electron chi connectivity index (χ4n) is 3.54. The van der Waals surface area contributed by atoms with E-state index >= 15 is 0 Å². The van der Waals surface area contributed by atoms with Gasteiger partial charge in [-0.1, -0.05) is 18.2 Å². The standard InChI is InChI=1S/C22H21N3O4S/c1-5-9-24-20(27)17(19(26)23-22(24)30)11-15-10-12(2)25(14(15)4)18-8-6-7-16(13(18)3)21(28)29/h5-8,10-11H,1,9H2,2-4H3,(H,28,29)(H,23,26,30)/p-1/b17-11+. The normalized spacial score (nSPS) is 15.5. The van der Waals surface area contributed by atoms with Gasteiger partial charge in [-0.15, -0.1) is 6.58 Å². The van der Waals surface area contributed by atoms with Gasteiger partial charge in [-0.2, -0.15) is 0 Å². The van der Waals surface area contributed by atoms with E-state index in [1.54, 1.807) is 19.1 Å². The quantitative estimate of drug-likeness (QED) is 0.342. The van der Waals surface area contributed by atoms with Crippen LogP contribution in [-0.2, 0) is 9.59 Å². The minimum Gasteiger partial charge on any atom is -0.545 e. The van der Waals surface area contributed by atoms with Crippen LogP contribution >= 0.6 is 12.2 Å². The largest absolute Gasteiger partial charge is 0.545 e. The Hall–Kier alpha value is -3.52. The second-order valence-electron chi connectivity index (χ2n) is 6.92. The number of benzene rings is 1. The third-order valence-corrected chi connectivity index (χ3v) is 5.36. The highest BCUT2D eigenvalue weighted by Crippen LogP contribution is 2.27. The van der Waals surface area contributed by atoms with Crippen LogP contribution in [0.3, 0.4) is 0 Å². The molecule has 1 aliphatic rings. The van der Waals surface area contributed by atoms with Crippen LogP contribution in [0.1, 0.15) is 32.9 Å². The number of thiocarbonyl (C=S) groups is 1. The molecule has 1 aromatic carbocycles. The number of nitrogens with one attached hydrogen (secondary N) is 1. The van der Waals surface area contributed by atoms with Crippen LogP contribution in [0.5, 0.6) is 0 Å². The minimum atomic E-state index is -1.25. The van der Waals surface area contributed by atoms with Crippen LogP contribution in [0.25, 0.3) is 11.8 Å². The smallest absolute Gasteiger partial charge is 0.265 e. The molecule has 2 amide bonds. The maximum Gasteiger partial charge on any atom is 0.265 e. The number of carbonyl (C=O) groups excluding carboxylic acids is 3. The molecule has 0 atom stereocenters. The van der Waals surface area contributed by atoms with Gasteiger partial charge in [0.1, 0.15) is 5.57 Å². The van der Waals surface area contributed by atoms with E-state index < -0.39 is 17.8 Å². The van der Waals surface area contributed by atoms with Gasteiger partial charge in [-0.3, -0.25) is 19.8 Å². The SMILES string of the molecule is C=CCN1C(=O)/C(=C/c2cc(C)n(-c3cccc(C(=O)[O-])c3C)c2C)C(=O)NC1=S. The summed E-state index contributed by atoms with van der Waals surface area (Å²) in [5.41, 5.74) is 3.55. The maximum atomic E-state index is 12.8. The first kappa shape index (κ1) is 21.2. The summed E-state index contributed by atoms with van der Waals surface area (Å²) in [5.74, 6) is -2.31. The number of amides is 2. The fourth-order valence-corrected chi connectivity index (χ4v) is 3.79. The van der Waals surface area contributed by atoms with E-state index in [0.717, 1.165) is 11.4 Å². The molecule has 8 heteroatoms. The lowest BCUT2D eigenvalue weighted by molar-refractivity contribution is -0.255. The van der Waals surface area contributed by atoms with Crippen molar-refractivity contribution in [2.75, 3.05) is 6.54 Å². The molecule has 2 heterocycles. The summed E-state index contributed by atoms with van der Waals surface area (Å²) in [7, 11) is 0. The van der Waals surface area contributed by atoms with Gasteiger partial charge in [0.2, 0.25) is 0 Å². The Morgan fingerprint density at radius 1 is 1.27 bits per heavy atom. The summed E-state index contributed by atoms with van der Waals surface area (Å²) >= 11 is 5.07. The lowest BCUT2D eigenvalue weighted by Crippen LogP contribution is -2.53. The molecule has 0 unspecified atom stereocenters. The Labute approximate surface area is 179 Å². The average molecular weight is 422 g/mol. The van der Waals surface area contributed by atoms with Gasteiger partial charge in [0.05, 0.1) is 5.97 Å². The van der Waals surface area contributed by atoms with E-state index in [1.165, 1.54) is 23.1 Å². The van der Waals surface area contributed by atoms with E-state index in [2.05, 4.69) is 11.9 Å². The Morgan fingerprint density at radius 3 is 2.60 bits per heavy atom. The summed E-state index contributed by atoms with van der Waals surface area (Å²) in [6, 6.07) is 6.78. The van der Waals surface area contributed by atoms with Crippen molar-refractivity contribution in [2.24, 2.45) is 0 Å². The average Bonchev–Trinajstić information content (AvgIpc) is 2.95. The number of carboxylic acid groups (broad SMARTS) is 1. The second kappa shape index (κ2) is 8.08. The highest BCUT2D eigenvalue weighted by Gasteiger charge is 2.33. The molecule has 0 spiro atoms. The molecule has 0 bridgehead atoms. The number of hydrogen-bond donors (Lipinski definition) is 1. The summed E-state index contributed by atoms with van der Waals surface area (Å²) in [5, 5.41) is 14.0. The van der Waals surface area contributed by atoms with Crippen molar-refractivity contribution in [1.29, 1.82) is 0 Å². The van der Waals surface area contributed by atoms with E-state index in [-0.39, 0.29) is 22.8 Å².